The summed E-state index contributed by atoms with van der Waals surface area (Å²) in [5.74, 6) is 0.0900. The Morgan fingerprint density at radius 1 is 1.50 bits per heavy atom. The minimum absolute atomic E-state index is 0.0628. The van der Waals surface area contributed by atoms with Crippen LogP contribution in [0.2, 0.25) is 5.02 Å². The van der Waals surface area contributed by atoms with Gasteiger partial charge in [-0.25, -0.2) is 0 Å². The zero-order chi connectivity index (χ0) is 13.5. The second kappa shape index (κ2) is 4.98. The van der Waals surface area contributed by atoms with E-state index in [1.807, 2.05) is 19.9 Å². The molecular formula is C13H15ClINO2. The predicted molar refractivity (Wildman–Crippen MR) is 79.9 cm³/mol. The van der Waals surface area contributed by atoms with Crippen molar-refractivity contribution in [1.29, 1.82) is 0 Å². The highest BCUT2D eigenvalue weighted by Crippen LogP contribution is 2.31. The third-order valence-corrected chi connectivity index (χ3v) is 4.63. The number of nitrogens with zero attached hydrogens (tertiary/aromatic N) is 1. The van der Waals surface area contributed by atoms with Crippen LogP contribution in [0.15, 0.2) is 18.2 Å². The molecule has 0 radical (unpaired) electrons. The fraction of sp³-hybridized carbons (Fsp3) is 0.462. The van der Waals surface area contributed by atoms with Gasteiger partial charge in [-0.1, -0.05) is 25.4 Å². The van der Waals surface area contributed by atoms with Crippen LogP contribution in [-0.4, -0.2) is 34.6 Å². The lowest BCUT2D eigenvalue weighted by molar-refractivity contribution is -0.110. The van der Waals surface area contributed by atoms with Crippen LogP contribution in [0, 0.1) is 9.49 Å². The maximum absolute atomic E-state index is 12.3. The first-order valence-electron chi connectivity index (χ1n) is 5.80. The number of aliphatic hydroxyl groups is 1. The Bertz CT molecular complexity index is 484. The Kier molecular flexibility index (Phi) is 3.90. The van der Waals surface area contributed by atoms with Gasteiger partial charge < -0.3 is 10.0 Å². The van der Waals surface area contributed by atoms with Crippen LogP contribution in [0.5, 0.6) is 0 Å². The van der Waals surface area contributed by atoms with E-state index in [4.69, 9.17) is 11.6 Å². The number of amides is 1. The first-order valence-corrected chi connectivity index (χ1v) is 7.26. The molecule has 1 amide bonds. The van der Waals surface area contributed by atoms with Gasteiger partial charge in [0.25, 0.3) is 5.91 Å². The van der Waals surface area contributed by atoms with Gasteiger partial charge in [-0.3, -0.25) is 4.79 Å². The van der Waals surface area contributed by atoms with E-state index >= 15 is 0 Å². The van der Waals surface area contributed by atoms with Crippen molar-refractivity contribution in [3.8, 4) is 0 Å². The maximum Gasteiger partial charge on any atom is 0.255 e. The monoisotopic (exact) mass is 379 g/mol. The molecule has 5 heteroatoms. The first kappa shape index (κ1) is 14.1. The molecule has 98 valence electrons. The molecule has 1 aliphatic heterocycles. The SMILES string of the molecule is CC(C)C1(O)CN(C(=O)c2cc(Cl)ccc2I)C1. The van der Waals surface area contributed by atoms with E-state index in [9.17, 15) is 9.90 Å². The molecule has 0 atom stereocenters. The van der Waals surface area contributed by atoms with Gasteiger partial charge in [0, 0.05) is 8.59 Å². The first-order chi connectivity index (χ1) is 8.33. The van der Waals surface area contributed by atoms with Crippen molar-refractivity contribution in [2.75, 3.05) is 13.1 Å². The molecule has 1 fully saturated rings. The summed E-state index contributed by atoms with van der Waals surface area (Å²) in [4.78, 5) is 13.9. The van der Waals surface area contributed by atoms with E-state index in [2.05, 4.69) is 22.6 Å². The molecule has 1 N–H and O–H groups in total. The zero-order valence-electron chi connectivity index (χ0n) is 10.3. The Balaban J connectivity index is 2.13. The standard InChI is InChI=1S/C13H15ClINO2/c1-8(2)13(18)6-16(7-13)12(17)10-5-9(14)3-4-11(10)15/h3-5,8,18H,6-7H2,1-2H3. The van der Waals surface area contributed by atoms with Crippen LogP contribution < -0.4 is 0 Å². The highest BCUT2D eigenvalue weighted by molar-refractivity contribution is 14.1. The van der Waals surface area contributed by atoms with Gasteiger partial charge in [0.05, 0.1) is 18.7 Å². The maximum atomic E-state index is 12.3. The molecule has 0 spiro atoms. The number of hydrogen-bond acceptors (Lipinski definition) is 2. The van der Waals surface area contributed by atoms with Crippen LogP contribution in [0.1, 0.15) is 24.2 Å². The average Bonchev–Trinajstić information content (AvgIpc) is 2.27. The van der Waals surface area contributed by atoms with E-state index < -0.39 is 5.60 Å². The van der Waals surface area contributed by atoms with Crippen LogP contribution in [-0.2, 0) is 0 Å². The van der Waals surface area contributed by atoms with Crippen LogP contribution in [0.3, 0.4) is 0 Å². The van der Waals surface area contributed by atoms with Crippen LogP contribution in [0.4, 0.5) is 0 Å². The summed E-state index contributed by atoms with van der Waals surface area (Å²) in [5.41, 5.74) is -0.131. The number of likely N-dealkylation sites (tertiary alicyclic amines) is 1. The summed E-state index contributed by atoms with van der Waals surface area (Å²) in [7, 11) is 0. The summed E-state index contributed by atoms with van der Waals surface area (Å²) in [6, 6.07) is 5.27. The molecule has 1 aromatic rings. The number of carbonyl (C=O) groups is 1. The second-order valence-corrected chi connectivity index (χ2v) is 6.64. The molecule has 2 rings (SSSR count). The topological polar surface area (TPSA) is 40.5 Å². The summed E-state index contributed by atoms with van der Waals surface area (Å²) < 4.78 is 0.877. The van der Waals surface area contributed by atoms with E-state index in [0.717, 1.165) is 3.57 Å². The lowest BCUT2D eigenvalue weighted by atomic mass is 9.82. The van der Waals surface area contributed by atoms with Crippen molar-refractivity contribution in [1.82, 2.24) is 4.90 Å². The molecule has 1 aliphatic rings. The van der Waals surface area contributed by atoms with Gasteiger partial charge in [-0.15, -0.1) is 0 Å². The van der Waals surface area contributed by atoms with E-state index in [1.54, 1.807) is 17.0 Å². The zero-order valence-corrected chi connectivity index (χ0v) is 13.2. The second-order valence-electron chi connectivity index (χ2n) is 5.04. The molecule has 0 unspecified atom stereocenters. The van der Waals surface area contributed by atoms with Gasteiger partial charge in [0.1, 0.15) is 5.60 Å². The molecule has 0 bridgehead atoms. The smallest absolute Gasteiger partial charge is 0.255 e. The molecule has 18 heavy (non-hydrogen) atoms. The number of rotatable bonds is 2. The predicted octanol–water partition coefficient (Wildman–Crippen LogP) is 2.79. The quantitative estimate of drug-likeness (QED) is 0.803. The van der Waals surface area contributed by atoms with Crippen LogP contribution in [0.25, 0.3) is 0 Å². The molecule has 1 heterocycles. The average molecular weight is 380 g/mol. The third-order valence-electron chi connectivity index (χ3n) is 3.45. The lowest BCUT2D eigenvalue weighted by Gasteiger charge is -2.49. The van der Waals surface area contributed by atoms with Gasteiger partial charge in [0.2, 0.25) is 0 Å². The molecule has 1 saturated heterocycles. The summed E-state index contributed by atoms with van der Waals surface area (Å²) in [6.45, 7) is 4.72. The fourth-order valence-electron chi connectivity index (χ4n) is 1.96. The molecule has 0 saturated carbocycles. The third kappa shape index (κ3) is 2.51. The van der Waals surface area contributed by atoms with E-state index in [1.165, 1.54) is 0 Å². The summed E-state index contributed by atoms with van der Waals surface area (Å²) >= 11 is 8.03. The van der Waals surface area contributed by atoms with Gasteiger partial charge in [0.15, 0.2) is 0 Å². The number of carbonyl (C=O) groups excluding carboxylic acids is 1. The van der Waals surface area contributed by atoms with Crippen molar-refractivity contribution >= 4 is 40.1 Å². The minimum atomic E-state index is -0.736. The Morgan fingerprint density at radius 3 is 2.67 bits per heavy atom. The number of benzene rings is 1. The van der Waals surface area contributed by atoms with Crippen LogP contribution >= 0.6 is 34.2 Å². The van der Waals surface area contributed by atoms with E-state index in [-0.39, 0.29) is 11.8 Å². The molecule has 0 aliphatic carbocycles. The van der Waals surface area contributed by atoms with Gasteiger partial charge in [-0.05, 0) is 46.7 Å². The Hall–Kier alpha value is -0.330. The van der Waals surface area contributed by atoms with Crippen molar-refractivity contribution in [3.63, 3.8) is 0 Å². The lowest BCUT2D eigenvalue weighted by Crippen LogP contribution is -2.66. The summed E-state index contributed by atoms with van der Waals surface area (Å²) in [6.07, 6.45) is 0. The molecule has 0 aromatic heterocycles. The minimum Gasteiger partial charge on any atom is -0.386 e. The fourth-order valence-corrected chi connectivity index (χ4v) is 2.69. The van der Waals surface area contributed by atoms with Crippen molar-refractivity contribution in [2.45, 2.75) is 19.4 Å². The van der Waals surface area contributed by atoms with Crippen molar-refractivity contribution in [3.05, 3.63) is 32.4 Å². The van der Waals surface area contributed by atoms with Gasteiger partial charge >= 0.3 is 0 Å². The highest BCUT2D eigenvalue weighted by atomic mass is 127. The summed E-state index contributed by atoms with van der Waals surface area (Å²) in [5, 5.41) is 10.7. The number of halogens is 2. The largest absolute Gasteiger partial charge is 0.386 e. The van der Waals surface area contributed by atoms with Crippen molar-refractivity contribution in [2.24, 2.45) is 5.92 Å². The Morgan fingerprint density at radius 2 is 2.11 bits per heavy atom. The number of hydrogen-bond donors (Lipinski definition) is 1. The Labute approximate surface area is 125 Å². The van der Waals surface area contributed by atoms with E-state index in [0.29, 0.717) is 23.7 Å². The molecule has 3 nitrogen and oxygen atoms in total. The molecule has 1 aromatic carbocycles. The van der Waals surface area contributed by atoms with Crippen molar-refractivity contribution < 1.29 is 9.90 Å². The number of β-amino-alcohol motifs (C(OH)–C–C–N with tert-alkyl or cyclic N) is 1. The van der Waals surface area contributed by atoms with Gasteiger partial charge in [-0.2, -0.15) is 0 Å². The normalized spacial score (nSPS) is 17.8. The highest BCUT2D eigenvalue weighted by Gasteiger charge is 2.46. The molecular weight excluding hydrogens is 365 g/mol.